The molecule has 136 valence electrons. The zero-order chi connectivity index (χ0) is 17.8. The Morgan fingerprint density at radius 3 is 3.04 bits per heavy atom. The first-order valence-corrected chi connectivity index (χ1v) is 9.92. The van der Waals surface area contributed by atoms with Crippen LogP contribution in [0.5, 0.6) is 0 Å². The molecule has 2 aromatic heterocycles. The first-order valence-electron chi connectivity index (χ1n) is 9.92. The van der Waals surface area contributed by atoms with Crippen molar-refractivity contribution in [1.82, 2.24) is 19.4 Å². The van der Waals surface area contributed by atoms with Crippen LogP contribution in [-0.4, -0.2) is 39.1 Å². The third-order valence-corrected chi connectivity index (χ3v) is 6.53. The van der Waals surface area contributed by atoms with Crippen LogP contribution in [0.3, 0.4) is 0 Å². The third-order valence-electron chi connectivity index (χ3n) is 6.53. The molecular weight excluding hydrogens is 320 g/mol. The molecule has 1 aromatic carbocycles. The number of imidazole rings is 1. The Balaban J connectivity index is 1.47. The number of rotatable bonds is 3. The molecule has 1 N–H and O–H groups in total. The molecule has 3 heterocycles. The van der Waals surface area contributed by atoms with Crippen molar-refractivity contribution in [2.45, 2.75) is 51.1 Å². The van der Waals surface area contributed by atoms with Gasteiger partial charge in [-0.2, -0.15) is 0 Å². The van der Waals surface area contributed by atoms with Crippen LogP contribution in [0.4, 0.5) is 0 Å². The second kappa shape index (κ2) is 5.98. The summed E-state index contributed by atoms with van der Waals surface area (Å²) in [5, 5.41) is 1.49. The highest BCUT2D eigenvalue weighted by atomic mass is 15.2. The van der Waals surface area contributed by atoms with Crippen molar-refractivity contribution in [2.24, 2.45) is 5.92 Å². The second-order valence-electron chi connectivity index (χ2n) is 8.60. The third kappa shape index (κ3) is 2.43. The molecular formula is C22H28N4. The van der Waals surface area contributed by atoms with Gasteiger partial charge in [-0.15, -0.1) is 0 Å². The molecule has 4 nitrogen and oxygen atoms in total. The predicted octanol–water partition coefficient (Wildman–Crippen LogP) is 4.15. The van der Waals surface area contributed by atoms with Gasteiger partial charge < -0.3 is 14.5 Å². The summed E-state index contributed by atoms with van der Waals surface area (Å²) in [6, 6.07) is 7.43. The Hall–Kier alpha value is -2.07. The lowest BCUT2D eigenvalue weighted by molar-refractivity contribution is 0.103. The Morgan fingerprint density at radius 1 is 1.31 bits per heavy atom. The molecule has 1 fully saturated rings. The van der Waals surface area contributed by atoms with Gasteiger partial charge in [0.25, 0.3) is 0 Å². The number of likely N-dealkylation sites (N-methyl/N-ethyl adjacent to an activating group) is 1. The molecule has 3 aromatic rings. The summed E-state index contributed by atoms with van der Waals surface area (Å²) < 4.78 is 2.38. The van der Waals surface area contributed by atoms with E-state index in [0.29, 0.717) is 23.8 Å². The van der Waals surface area contributed by atoms with E-state index in [9.17, 15) is 0 Å². The molecule has 0 amide bonds. The molecule has 1 saturated heterocycles. The van der Waals surface area contributed by atoms with Gasteiger partial charge in [0, 0.05) is 60.5 Å². The minimum Gasteiger partial charge on any atom is -0.361 e. The molecule has 1 aliphatic carbocycles. The van der Waals surface area contributed by atoms with Crippen molar-refractivity contribution in [1.29, 1.82) is 0 Å². The Bertz CT molecular complexity index is 935. The van der Waals surface area contributed by atoms with Crippen LogP contribution in [0.2, 0.25) is 0 Å². The summed E-state index contributed by atoms with van der Waals surface area (Å²) in [4.78, 5) is 10.7. The number of hydrogen-bond donors (Lipinski definition) is 1. The molecule has 4 heteroatoms. The van der Waals surface area contributed by atoms with Gasteiger partial charge in [-0.05, 0) is 43.0 Å². The fraction of sp³-hybridized carbons (Fsp3) is 0.500. The van der Waals surface area contributed by atoms with Crippen LogP contribution in [0.25, 0.3) is 10.9 Å². The van der Waals surface area contributed by atoms with Crippen LogP contribution < -0.4 is 0 Å². The molecule has 0 radical (unpaired) electrons. The first-order chi connectivity index (χ1) is 12.6. The average molecular weight is 348 g/mol. The van der Waals surface area contributed by atoms with Gasteiger partial charge in [-0.1, -0.05) is 26.0 Å². The Morgan fingerprint density at radius 2 is 2.19 bits per heavy atom. The van der Waals surface area contributed by atoms with E-state index < -0.39 is 0 Å². The topological polar surface area (TPSA) is 36.9 Å². The lowest BCUT2D eigenvalue weighted by Crippen LogP contribution is -2.48. The summed E-state index contributed by atoms with van der Waals surface area (Å²) in [5.41, 5.74) is 4.36. The van der Waals surface area contributed by atoms with Crippen molar-refractivity contribution >= 4 is 10.9 Å². The van der Waals surface area contributed by atoms with Crippen LogP contribution >= 0.6 is 0 Å². The summed E-state index contributed by atoms with van der Waals surface area (Å²) in [6.45, 7) is 6.72. The highest BCUT2D eigenvalue weighted by Crippen LogP contribution is 2.44. The maximum absolute atomic E-state index is 4.58. The molecule has 3 atom stereocenters. The molecule has 1 unspecified atom stereocenters. The zero-order valence-electron chi connectivity index (χ0n) is 15.9. The Kier molecular flexibility index (Phi) is 3.71. The number of nitrogens with one attached hydrogen (secondary N) is 1. The maximum Gasteiger partial charge on any atom is 0.111 e. The zero-order valence-corrected chi connectivity index (χ0v) is 15.9. The minimum atomic E-state index is 0.477. The Labute approximate surface area is 155 Å². The average Bonchev–Trinajstić information content (AvgIpc) is 3.24. The lowest BCUT2D eigenvalue weighted by Gasteiger charge is -2.45. The van der Waals surface area contributed by atoms with E-state index in [1.165, 1.54) is 41.7 Å². The van der Waals surface area contributed by atoms with Crippen LogP contribution in [0.15, 0.2) is 36.8 Å². The molecule has 0 spiro atoms. The molecule has 0 bridgehead atoms. The number of fused-ring (bicyclic) bond motifs is 2. The lowest BCUT2D eigenvalue weighted by atomic mass is 9.72. The van der Waals surface area contributed by atoms with Crippen molar-refractivity contribution in [3.8, 4) is 0 Å². The van der Waals surface area contributed by atoms with Gasteiger partial charge in [0.15, 0.2) is 0 Å². The monoisotopic (exact) mass is 348 g/mol. The molecule has 26 heavy (non-hydrogen) atoms. The normalized spacial score (nSPS) is 25.8. The minimum absolute atomic E-state index is 0.477. The number of benzene rings is 1. The number of aromatic nitrogens is 3. The van der Waals surface area contributed by atoms with Crippen LogP contribution in [0, 0.1) is 5.92 Å². The van der Waals surface area contributed by atoms with E-state index in [4.69, 9.17) is 0 Å². The first kappa shape index (κ1) is 16.1. The van der Waals surface area contributed by atoms with Gasteiger partial charge in [0.1, 0.15) is 5.82 Å². The fourth-order valence-corrected chi connectivity index (χ4v) is 5.44. The van der Waals surface area contributed by atoms with Crippen molar-refractivity contribution in [2.75, 3.05) is 13.6 Å². The number of likely N-dealkylation sites (tertiary alicyclic amines) is 1. The van der Waals surface area contributed by atoms with Gasteiger partial charge in [-0.25, -0.2) is 4.98 Å². The SMILES string of the molecule is CC(C)c1nccn1C[C@H]1CC2c3cccc4[nH]cc(c34)C[C@H]2N(C)C1. The second-order valence-corrected chi connectivity index (χ2v) is 8.60. The van der Waals surface area contributed by atoms with E-state index in [1.807, 2.05) is 6.20 Å². The van der Waals surface area contributed by atoms with E-state index in [1.54, 1.807) is 5.56 Å². The van der Waals surface area contributed by atoms with E-state index >= 15 is 0 Å². The molecule has 5 rings (SSSR count). The van der Waals surface area contributed by atoms with E-state index in [0.717, 1.165) is 6.54 Å². The van der Waals surface area contributed by atoms with Gasteiger partial charge >= 0.3 is 0 Å². The quantitative estimate of drug-likeness (QED) is 0.772. The summed E-state index contributed by atoms with van der Waals surface area (Å²) >= 11 is 0. The van der Waals surface area contributed by atoms with Gasteiger partial charge in [-0.3, -0.25) is 0 Å². The summed E-state index contributed by atoms with van der Waals surface area (Å²) in [7, 11) is 2.32. The highest BCUT2D eigenvalue weighted by Gasteiger charge is 2.39. The summed E-state index contributed by atoms with van der Waals surface area (Å²) in [6.07, 6.45) is 8.79. The smallest absolute Gasteiger partial charge is 0.111 e. The summed E-state index contributed by atoms with van der Waals surface area (Å²) in [5.74, 6) is 3.00. The van der Waals surface area contributed by atoms with Crippen LogP contribution in [0.1, 0.15) is 49.1 Å². The van der Waals surface area contributed by atoms with Gasteiger partial charge in [0.2, 0.25) is 0 Å². The molecule has 1 aliphatic heterocycles. The number of aromatic amines is 1. The van der Waals surface area contributed by atoms with Crippen molar-refractivity contribution < 1.29 is 0 Å². The number of nitrogens with zero attached hydrogens (tertiary/aromatic N) is 3. The highest BCUT2D eigenvalue weighted by molar-refractivity contribution is 5.88. The predicted molar refractivity (Wildman–Crippen MR) is 106 cm³/mol. The maximum atomic E-state index is 4.58. The van der Waals surface area contributed by atoms with Crippen molar-refractivity contribution in [3.05, 3.63) is 53.7 Å². The fourth-order valence-electron chi connectivity index (χ4n) is 5.44. The standard InChI is InChI=1S/C22H28N4/c1-14(2)22-23-7-8-26(22)13-15-9-18-17-5-4-6-19-21(17)16(11-24-19)10-20(18)25(3)12-15/h4-8,11,14-15,18,20,24H,9-10,12-13H2,1-3H3/t15-,18?,20+/m0/s1. The number of hydrogen-bond acceptors (Lipinski definition) is 2. The van der Waals surface area contributed by atoms with Crippen LogP contribution in [-0.2, 0) is 13.0 Å². The largest absolute Gasteiger partial charge is 0.361 e. The van der Waals surface area contributed by atoms with Gasteiger partial charge in [0.05, 0.1) is 0 Å². The van der Waals surface area contributed by atoms with E-state index in [2.05, 4.69) is 70.9 Å². The number of piperidine rings is 1. The molecule has 0 saturated carbocycles. The van der Waals surface area contributed by atoms with Crippen molar-refractivity contribution in [3.63, 3.8) is 0 Å². The number of H-pyrrole nitrogens is 1. The van der Waals surface area contributed by atoms with E-state index in [-0.39, 0.29) is 0 Å². The molecule has 2 aliphatic rings.